The highest BCUT2D eigenvalue weighted by molar-refractivity contribution is 7.10. The van der Waals surface area contributed by atoms with Crippen LogP contribution in [0.4, 0.5) is 0 Å². The lowest BCUT2D eigenvalue weighted by molar-refractivity contribution is -0.132. The second-order valence-electron chi connectivity index (χ2n) is 8.87. The Morgan fingerprint density at radius 2 is 1.62 bits per heavy atom. The molecule has 1 aromatic heterocycles. The summed E-state index contributed by atoms with van der Waals surface area (Å²) in [4.78, 5) is 33.8. The van der Waals surface area contributed by atoms with E-state index in [1.807, 2.05) is 52.3 Å². The molecule has 3 heterocycles. The molecule has 2 aromatic carbocycles. The molecule has 0 unspecified atom stereocenters. The van der Waals surface area contributed by atoms with Gasteiger partial charge in [0, 0.05) is 48.2 Å². The van der Waals surface area contributed by atoms with Gasteiger partial charge in [0.2, 0.25) is 5.91 Å². The van der Waals surface area contributed by atoms with Gasteiger partial charge >= 0.3 is 0 Å². The van der Waals surface area contributed by atoms with Crippen molar-refractivity contribution in [3.05, 3.63) is 92.6 Å². The molecule has 5 nitrogen and oxygen atoms in total. The van der Waals surface area contributed by atoms with Gasteiger partial charge in [0.15, 0.2) is 0 Å². The quantitative estimate of drug-likeness (QED) is 0.528. The van der Waals surface area contributed by atoms with Gasteiger partial charge in [-0.2, -0.15) is 0 Å². The van der Waals surface area contributed by atoms with Crippen LogP contribution in [0.2, 0.25) is 5.02 Å². The van der Waals surface area contributed by atoms with Crippen molar-refractivity contribution in [1.82, 2.24) is 14.7 Å². The summed E-state index contributed by atoms with van der Waals surface area (Å²) in [6.07, 6.45) is 1.75. The molecule has 0 saturated carbocycles. The molecule has 0 bridgehead atoms. The SMILES string of the molecule is O=C(CN1CCc2sccc2[C@H]1c1ccc(Cl)cc1)N1CCCN(C(=O)c2ccccc2)CC1. The Hall–Kier alpha value is -2.67. The summed E-state index contributed by atoms with van der Waals surface area (Å²) in [5.41, 5.74) is 3.15. The van der Waals surface area contributed by atoms with Crippen molar-refractivity contribution in [3.63, 3.8) is 0 Å². The minimum Gasteiger partial charge on any atom is -0.340 e. The predicted molar refractivity (Wildman–Crippen MR) is 136 cm³/mol. The summed E-state index contributed by atoms with van der Waals surface area (Å²) in [6, 6.07) is 19.6. The van der Waals surface area contributed by atoms with Gasteiger partial charge in [-0.1, -0.05) is 41.9 Å². The zero-order chi connectivity index (χ0) is 23.5. The molecule has 2 aliphatic heterocycles. The summed E-state index contributed by atoms with van der Waals surface area (Å²) in [5.74, 6) is 0.172. The molecular formula is C27H28ClN3O2S. The molecule has 2 amide bonds. The normalized spacial score (nSPS) is 18.9. The first-order valence-corrected chi connectivity index (χ1v) is 13.0. The average Bonchev–Trinajstić information content (AvgIpc) is 3.20. The van der Waals surface area contributed by atoms with Crippen molar-refractivity contribution in [2.24, 2.45) is 0 Å². The fourth-order valence-electron chi connectivity index (χ4n) is 4.98. The number of rotatable bonds is 4. The lowest BCUT2D eigenvalue weighted by Crippen LogP contribution is -2.45. The molecule has 0 N–H and O–H groups in total. The Kier molecular flexibility index (Phi) is 6.99. The number of hydrogen-bond donors (Lipinski definition) is 0. The maximum absolute atomic E-state index is 13.4. The molecule has 2 aliphatic rings. The molecule has 0 spiro atoms. The highest BCUT2D eigenvalue weighted by Crippen LogP contribution is 2.38. The maximum atomic E-state index is 13.4. The predicted octanol–water partition coefficient (Wildman–Crippen LogP) is 4.72. The molecule has 34 heavy (non-hydrogen) atoms. The highest BCUT2D eigenvalue weighted by Gasteiger charge is 2.32. The number of nitrogens with zero attached hydrogens (tertiary/aromatic N) is 3. The third-order valence-corrected chi connectivity index (χ3v) is 7.99. The van der Waals surface area contributed by atoms with E-state index in [0.29, 0.717) is 43.3 Å². The van der Waals surface area contributed by atoms with Crippen LogP contribution in [0.5, 0.6) is 0 Å². The maximum Gasteiger partial charge on any atom is 0.253 e. The summed E-state index contributed by atoms with van der Waals surface area (Å²) in [7, 11) is 0. The van der Waals surface area contributed by atoms with Crippen molar-refractivity contribution in [3.8, 4) is 0 Å². The number of amides is 2. The molecule has 5 rings (SSSR count). The fraction of sp³-hybridized carbons (Fsp3) is 0.333. The number of carbonyl (C=O) groups is 2. The van der Waals surface area contributed by atoms with E-state index in [4.69, 9.17) is 11.6 Å². The molecule has 0 radical (unpaired) electrons. The molecule has 3 aromatic rings. The van der Waals surface area contributed by atoms with E-state index >= 15 is 0 Å². The third kappa shape index (κ3) is 4.90. The second-order valence-corrected chi connectivity index (χ2v) is 10.3. The average molecular weight is 494 g/mol. The smallest absolute Gasteiger partial charge is 0.253 e. The number of halogens is 1. The summed E-state index contributed by atoms with van der Waals surface area (Å²) < 4.78 is 0. The Bertz CT molecular complexity index is 1150. The Morgan fingerprint density at radius 1 is 0.882 bits per heavy atom. The van der Waals surface area contributed by atoms with Gasteiger partial charge in [-0.05, 0) is 59.7 Å². The number of hydrogen-bond acceptors (Lipinski definition) is 4. The topological polar surface area (TPSA) is 43.9 Å². The Balaban J connectivity index is 1.27. The van der Waals surface area contributed by atoms with Crippen LogP contribution >= 0.6 is 22.9 Å². The van der Waals surface area contributed by atoms with E-state index in [0.717, 1.165) is 24.9 Å². The van der Waals surface area contributed by atoms with Gasteiger partial charge in [0.05, 0.1) is 12.6 Å². The van der Waals surface area contributed by atoms with Crippen molar-refractivity contribution >= 4 is 34.8 Å². The van der Waals surface area contributed by atoms with Crippen LogP contribution in [0.3, 0.4) is 0 Å². The van der Waals surface area contributed by atoms with Crippen LogP contribution in [0.25, 0.3) is 0 Å². The first-order valence-electron chi connectivity index (χ1n) is 11.8. The van der Waals surface area contributed by atoms with Crippen LogP contribution in [-0.2, 0) is 11.2 Å². The summed E-state index contributed by atoms with van der Waals surface area (Å²) >= 11 is 7.93. The van der Waals surface area contributed by atoms with Gasteiger partial charge in [-0.25, -0.2) is 0 Å². The van der Waals surface area contributed by atoms with Gasteiger partial charge in [-0.15, -0.1) is 11.3 Å². The largest absolute Gasteiger partial charge is 0.340 e. The molecule has 1 fully saturated rings. The first kappa shape index (κ1) is 23.1. The molecule has 1 saturated heterocycles. The minimum absolute atomic E-state index is 0.0405. The molecule has 0 aliphatic carbocycles. The van der Waals surface area contributed by atoms with Crippen molar-refractivity contribution < 1.29 is 9.59 Å². The Labute approximate surface area is 209 Å². The van der Waals surface area contributed by atoms with Crippen LogP contribution in [0, 0.1) is 0 Å². The van der Waals surface area contributed by atoms with E-state index < -0.39 is 0 Å². The van der Waals surface area contributed by atoms with Gasteiger partial charge in [0.1, 0.15) is 0 Å². The van der Waals surface area contributed by atoms with Gasteiger partial charge < -0.3 is 9.80 Å². The van der Waals surface area contributed by atoms with E-state index in [1.54, 1.807) is 11.3 Å². The lowest BCUT2D eigenvalue weighted by atomic mass is 9.93. The fourth-order valence-corrected chi connectivity index (χ4v) is 6.01. The summed E-state index contributed by atoms with van der Waals surface area (Å²) in [6.45, 7) is 3.71. The van der Waals surface area contributed by atoms with E-state index in [-0.39, 0.29) is 17.9 Å². The van der Waals surface area contributed by atoms with Crippen LogP contribution in [0.1, 0.15) is 38.8 Å². The standard InChI is InChI=1S/C27H28ClN3O2S/c28-22-9-7-20(8-10-22)26-23-12-18-34-24(23)11-15-31(26)19-25(32)29-13-4-14-30(17-16-29)27(33)21-5-2-1-3-6-21/h1-3,5-10,12,18,26H,4,11,13-17,19H2/t26-/m1/s1. The first-order chi connectivity index (χ1) is 16.6. The van der Waals surface area contributed by atoms with Crippen LogP contribution in [-0.4, -0.2) is 65.8 Å². The molecule has 7 heteroatoms. The highest BCUT2D eigenvalue weighted by atomic mass is 35.5. The molecule has 1 atom stereocenters. The van der Waals surface area contributed by atoms with Crippen LogP contribution < -0.4 is 0 Å². The lowest BCUT2D eigenvalue weighted by Gasteiger charge is -2.37. The second kappa shape index (κ2) is 10.3. The minimum atomic E-state index is 0.0405. The van der Waals surface area contributed by atoms with Gasteiger partial charge in [-0.3, -0.25) is 14.5 Å². The number of fused-ring (bicyclic) bond motifs is 1. The van der Waals surface area contributed by atoms with Crippen molar-refractivity contribution in [2.75, 3.05) is 39.3 Å². The van der Waals surface area contributed by atoms with Gasteiger partial charge in [0.25, 0.3) is 5.91 Å². The molecule has 176 valence electrons. The number of carbonyl (C=O) groups excluding carboxylic acids is 2. The molecular weight excluding hydrogens is 466 g/mol. The zero-order valence-electron chi connectivity index (χ0n) is 19.0. The van der Waals surface area contributed by atoms with Crippen molar-refractivity contribution in [1.29, 1.82) is 0 Å². The third-order valence-electron chi connectivity index (χ3n) is 6.75. The van der Waals surface area contributed by atoms with Crippen molar-refractivity contribution in [2.45, 2.75) is 18.9 Å². The summed E-state index contributed by atoms with van der Waals surface area (Å²) in [5, 5.41) is 2.86. The zero-order valence-corrected chi connectivity index (χ0v) is 20.6. The van der Waals surface area contributed by atoms with Crippen LogP contribution in [0.15, 0.2) is 66.0 Å². The monoisotopic (exact) mass is 493 g/mol. The number of benzene rings is 2. The van der Waals surface area contributed by atoms with E-state index in [2.05, 4.69) is 28.5 Å². The van der Waals surface area contributed by atoms with E-state index in [1.165, 1.54) is 10.4 Å². The number of thiophene rings is 1. The van der Waals surface area contributed by atoms with E-state index in [9.17, 15) is 9.59 Å². The Morgan fingerprint density at radius 3 is 2.41 bits per heavy atom.